The molecule has 1 aliphatic rings. The summed E-state index contributed by atoms with van der Waals surface area (Å²) in [7, 11) is 0. The van der Waals surface area contributed by atoms with Crippen molar-refractivity contribution in [3.8, 4) is 0 Å². The van der Waals surface area contributed by atoms with Crippen LogP contribution in [0.2, 0.25) is 0 Å². The fraction of sp³-hybridized carbons (Fsp3) is 0.200. The minimum Gasteiger partial charge on any atom is -0.349 e. The van der Waals surface area contributed by atoms with Crippen molar-refractivity contribution in [3.63, 3.8) is 0 Å². The van der Waals surface area contributed by atoms with E-state index in [-0.39, 0.29) is 11.9 Å². The largest absolute Gasteiger partial charge is 0.349 e. The number of rotatable bonds is 0. The smallest absolute Gasteiger partial charge is 0.251 e. The van der Waals surface area contributed by atoms with Gasteiger partial charge in [0.25, 0.3) is 5.91 Å². The molecule has 0 saturated carbocycles. The first-order chi connectivity index (χ1) is 6.16. The summed E-state index contributed by atoms with van der Waals surface area (Å²) in [6.45, 7) is 3.83. The predicted molar refractivity (Wildman–Crippen MR) is 54.5 cm³/mol. The number of hydrogen-bond acceptors (Lipinski definition) is 1. The number of nitrogens with one attached hydrogen (secondary N) is 1. The van der Waals surface area contributed by atoms with Crippen LogP contribution in [0.1, 0.15) is 15.9 Å². The standard InChI is InChI=1S/C10H9BrNO/c1-6-4-7-5-8(11)2-3-9(7)10(13)12-6/h2-3,5-6H,1,4H2,(H,12,13). The average Bonchev–Trinajstić information content (AvgIpc) is 2.02. The van der Waals surface area contributed by atoms with Crippen LogP contribution in [0.5, 0.6) is 0 Å². The summed E-state index contributed by atoms with van der Waals surface area (Å²) in [6, 6.07) is 5.68. The second-order valence-corrected chi connectivity index (χ2v) is 4.09. The molecule has 0 fully saturated rings. The van der Waals surface area contributed by atoms with Crippen LogP contribution >= 0.6 is 15.9 Å². The highest BCUT2D eigenvalue weighted by molar-refractivity contribution is 9.10. The van der Waals surface area contributed by atoms with Gasteiger partial charge in [-0.05, 0) is 37.1 Å². The maximum atomic E-state index is 11.4. The summed E-state index contributed by atoms with van der Waals surface area (Å²) in [5.74, 6) is -0.0197. The Morgan fingerprint density at radius 3 is 3.08 bits per heavy atom. The number of benzene rings is 1. The molecule has 2 nitrogen and oxygen atoms in total. The van der Waals surface area contributed by atoms with Crippen molar-refractivity contribution in [2.45, 2.75) is 12.5 Å². The molecule has 1 radical (unpaired) electrons. The number of carbonyl (C=O) groups is 1. The molecule has 1 heterocycles. The van der Waals surface area contributed by atoms with Crippen molar-refractivity contribution in [3.05, 3.63) is 40.7 Å². The van der Waals surface area contributed by atoms with Crippen LogP contribution in [0.4, 0.5) is 0 Å². The monoisotopic (exact) mass is 238 g/mol. The molecule has 0 aliphatic carbocycles. The van der Waals surface area contributed by atoms with Crippen molar-refractivity contribution in [2.75, 3.05) is 0 Å². The Labute approximate surface area is 85.5 Å². The minimum absolute atomic E-state index is 0.00528. The molecular formula is C10H9BrNO. The molecule has 2 rings (SSSR count). The second-order valence-electron chi connectivity index (χ2n) is 3.18. The Hall–Kier alpha value is -0.830. The van der Waals surface area contributed by atoms with E-state index >= 15 is 0 Å². The third-order valence-corrected chi connectivity index (χ3v) is 2.61. The van der Waals surface area contributed by atoms with E-state index in [9.17, 15) is 4.79 Å². The molecule has 1 amide bonds. The summed E-state index contributed by atoms with van der Waals surface area (Å²) in [5.41, 5.74) is 1.83. The fourth-order valence-corrected chi connectivity index (χ4v) is 1.94. The van der Waals surface area contributed by atoms with E-state index in [2.05, 4.69) is 28.2 Å². The molecule has 67 valence electrons. The molecule has 1 N–H and O–H groups in total. The van der Waals surface area contributed by atoms with Gasteiger partial charge in [0.2, 0.25) is 0 Å². The zero-order valence-corrected chi connectivity index (χ0v) is 8.60. The molecule has 0 bridgehead atoms. The van der Waals surface area contributed by atoms with Gasteiger partial charge in [-0.15, -0.1) is 0 Å². The van der Waals surface area contributed by atoms with Crippen LogP contribution < -0.4 is 5.32 Å². The van der Waals surface area contributed by atoms with Crippen LogP contribution in [0.15, 0.2) is 22.7 Å². The lowest BCUT2D eigenvalue weighted by atomic mass is 9.96. The van der Waals surface area contributed by atoms with Gasteiger partial charge in [-0.2, -0.15) is 0 Å². The molecule has 0 aromatic heterocycles. The Morgan fingerprint density at radius 2 is 2.31 bits per heavy atom. The van der Waals surface area contributed by atoms with E-state index in [0.717, 1.165) is 22.0 Å². The van der Waals surface area contributed by atoms with E-state index in [1.165, 1.54) is 0 Å². The average molecular weight is 239 g/mol. The van der Waals surface area contributed by atoms with Crippen LogP contribution in [-0.2, 0) is 6.42 Å². The molecule has 1 aromatic carbocycles. The predicted octanol–water partition coefficient (Wildman–Crippen LogP) is 1.94. The van der Waals surface area contributed by atoms with Gasteiger partial charge in [-0.25, -0.2) is 0 Å². The van der Waals surface area contributed by atoms with E-state index in [1.54, 1.807) is 0 Å². The SMILES string of the molecule is [CH2]C1Cc2cc(Br)ccc2C(=O)N1. The Bertz CT molecular complexity index is 362. The van der Waals surface area contributed by atoms with Gasteiger partial charge in [0.1, 0.15) is 0 Å². The van der Waals surface area contributed by atoms with Gasteiger partial charge in [0.15, 0.2) is 0 Å². The van der Waals surface area contributed by atoms with Crippen LogP contribution in [0.25, 0.3) is 0 Å². The summed E-state index contributed by atoms with van der Waals surface area (Å²) in [4.78, 5) is 11.4. The molecule has 1 aliphatic heterocycles. The van der Waals surface area contributed by atoms with Crippen molar-refractivity contribution in [2.24, 2.45) is 0 Å². The van der Waals surface area contributed by atoms with E-state index in [1.807, 2.05) is 18.2 Å². The number of fused-ring (bicyclic) bond motifs is 1. The molecule has 0 spiro atoms. The van der Waals surface area contributed by atoms with Crippen LogP contribution in [0.3, 0.4) is 0 Å². The zero-order valence-electron chi connectivity index (χ0n) is 7.01. The molecule has 1 unspecified atom stereocenters. The highest BCUT2D eigenvalue weighted by Crippen LogP contribution is 2.21. The van der Waals surface area contributed by atoms with Crippen molar-refractivity contribution in [1.82, 2.24) is 5.32 Å². The van der Waals surface area contributed by atoms with E-state index in [0.29, 0.717) is 0 Å². The highest BCUT2D eigenvalue weighted by Gasteiger charge is 2.20. The number of amides is 1. The first-order valence-corrected chi connectivity index (χ1v) is 4.88. The summed E-state index contributed by atoms with van der Waals surface area (Å²) in [5, 5.41) is 2.79. The zero-order chi connectivity index (χ0) is 9.42. The Balaban J connectivity index is 2.49. The Kier molecular flexibility index (Phi) is 2.12. The lowest BCUT2D eigenvalue weighted by molar-refractivity contribution is 0.0934. The molecule has 13 heavy (non-hydrogen) atoms. The summed E-state index contributed by atoms with van der Waals surface area (Å²) >= 11 is 3.38. The highest BCUT2D eigenvalue weighted by atomic mass is 79.9. The normalized spacial score (nSPS) is 20.8. The van der Waals surface area contributed by atoms with Crippen molar-refractivity contribution >= 4 is 21.8 Å². The van der Waals surface area contributed by atoms with E-state index in [4.69, 9.17) is 0 Å². The molecule has 1 atom stereocenters. The number of carbonyl (C=O) groups excluding carboxylic acids is 1. The maximum Gasteiger partial charge on any atom is 0.251 e. The fourth-order valence-electron chi connectivity index (χ4n) is 1.53. The van der Waals surface area contributed by atoms with E-state index < -0.39 is 0 Å². The number of halogens is 1. The van der Waals surface area contributed by atoms with Gasteiger partial charge in [-0.1, -0.05) is 15.9 Å². The van der Waals surface area contributed by atoms with Crippen molar-refractivity contribution < 1.29 is 4.79 Å². The van der Waals surface area contributed by atoms with Gasteiger partial charge in [-0.3, -0.25) is 4.79 Å². The quantitative estimate of drug-likeness (QED) is 0.736. The van der Waals surface area contributed by atoms with Crippen LogP contribution in [0, 0.1) is 6.92 Å². The third kappa shape index (κ3) is 1.61. The topological polar surface area (TPSA) is 29.1 Å². The molecule has 0 saturated heterocycles. The second kappa shape index (κ2) is 3.14. The third-order valence-electron chi connectivity index (χ3n) is 2.11. The van der Waals surface area contributed by atoms with Gasteiger partial charge in [0, 0.05) is 16.1 Å². The molecule has 3 heteroatoms. The van der Waals surface area contributed by atoms with Crippen LogP contribution in [-0.4, -0.2) is 11.9 Å². The molecule has 1 aromatic rings. The van der Waals surface area contributed by atoms with Crippen molar-refractivity contribution in [1.29, 1.82) is 0 Å². The maximum absolute atomic E-state index is 11.4. The summed E-state index contributed by atoms with van der Waals surface area (Å²) < 4.78 is 1.01. The molecular weight excluding hydrogens is 230 g/mol. The first-order valence-electron chi connectivity index (χ1n) is 4.09. The lowest BCUT2D eigenvalue weighted by Crippen LogP contribution is -2.39. The van der Waals surface area contributed by atoms with Gasteiger partial charge < -0.3 is 5.32 Å². The lowest BCUT2D eigenvalue weighted by Gasteiger charge is -2.22. The van der Waals surface area contributed by atoms with Gasteiger partial charge >= 0.3 is 0 Å². The summed E-state index contributed by atoms with van der Waals surface area (Å²) in [6.07, 6.45) is 0.806. The Morgan fingerprint density at radius 1 is 1.54 bits per heavy atom. The first kappa shape index (κ1) is 8.75. The number of hydrogen-bond donors (Lipinski definition) is 1. The van der Waals surface area contributed by atoms with Gasteiger partial charge in [0.05, 0.1) is 0 Å². The minimum atomic E-state index is -0.0197.